The zero-order valence-electron chi connectivity index (χ0n) is 11.7. The predicted octanol–water partition coefficient (Wildman–Crippen LogP) is 0.433. The molecule has 0 aliphatic heterocycles. The number of aliphatic carboxylic acids is 1. The van der Waals surface area contributed by atoms with Gasteiger partial charge in [0, 0.05) is 26.4 Å². The highest BCUT2D eigenvalue weighted by Gasteiger charge is 2.06. The molecule has 0 fully saturated rings. The summed E-state index contributed by atoms with van der Waals surface area (Å²) in [5.41, 5.74) is 0.498. The monoisotopic (exact) mass is 294 g/mol. The molecule has 0 saturated heterocycles. The van der Waals surface area contributed by atoms with Gasteiger partial charge in [-0.15, -0.1) is 0 Å². The van der Waals surface area contributed by atoms with E-state index in [1.165, 1.54) is 13.1 Å². The van der Waals surface area contributed by atoms with E-state index in [4.69, 9.17) is 5.11 Å². The molecule has 8 nitrogen and oxygen atoms in total. The molecule has 2 amide bonds. The van der Waals surface area contributed by atoms with Crippen molar-refractivity contribution in [3.05, 3.63) is 18.3 Å². The molecule has 8 heteroatoms. The molecule has 4 N–H and O–H groups in total. The summed E-state index contributed by atoms with van der Waals surface area (Å²) in [5, 5.41) is 16.7. The number of rotatable bonds is 8. The van der Waals surface area contributed by atoms with Crippen LogP contribution in [-0.2, 0) is 14.4 Å². The van der Waals surface area contributed by atoms with E-state index >= 15 is 0 Å². The van der Waals surface area contributed by atoms with Crippen molar-refractivity contribution in [2.75, 3.05) is 23.7 Å². The van der Waals surface area contributed by atoms with Gasteiger partial charge >= 0.3 is 5.97 Å². The van der Waals surface area contributed by atoms with E-state index in [0.29, 0.717) is 24.6 Å². The molecule has 1 rings (SSSR count). The number of nitrogens with one attached hydrogen (secondary N) is 3. The molecule has 1 aromatic heterocycles. The van der Waals surface area contributed by atoms with E-state index in [1.807, 2.05) is 0 Å². The lowest BCUT2D eigenvalue weighted by atomic mass is 10.3. The average molecular weight is 294 g/mol. The van der Waals surface area contributed by atoms with Crippen LogP contribution in [0.25, 0.3) is 0 Å². The van der Waals surface area contributed by atoms with Crippen molar-refractivity contribution >= 4 is 29.3 Å². The van der Waals surface area contributed by atoms with Crippen LogP contribution in [0.2, 0.25) is 0 Å². The smallest absolute Gasteiger partial charge is 0.303 e. The number of carboxylic acids is 1. The van der Waals surface area contributed by atoms with Crippen LogP contribution in [0.15, 0.2) is 18.3 Å². The molecular weight excluding hydrogens is 276 g/mol. The minimum atomic E-state index is -1.01. The molecule has 1 aromatic rings. The number of hydrogen-bond acceptors (Lipinski definition) is 5. The Labute approximate surface area is 121 Å². The Bertz CT molecular complexity index is 501. The molecule has 0 saturated carbocycles. The van der Waals surface area contributed by atoms with Crippen molar-refractivity contribution in [1.29, 1.82) is 0 Å². The molecule has 114 valence electrons. The molecule has 0 aliphatic rings. The van der Waals surface area contributed by atoms with Crippen molar-refractivity contribution < 1.29 is 19.5 Å². The van der Waals surface area contributed by atoms with Crippen molar-refractivity contribution in [2.45, 2.75) is 19.8 Å². The summed E-state index contributed by atoms with van der Waals surface area (Å²) in [6.07, 6.45) is 1.19. The average Bonchev–Trinajstić information content (AvgIpc) is 2.43. The summed E-state index contributed by atoms with van der Waals surface area (Å²) < 4.78 is 0. The van der Waals surface area contributed by atoms with Gasteiger partial charge in [0.25, 0.3) is 0 Å². The highest BCUT2D eigenvalue weighted by Crippen LogP contribution is 2.10. The molecule has 0 unspecified atom stereocenters. The van der Waals surface area contributed by atoms with Gasteiger partial charge in [0.1, 0.15) is 5.82 Å². The topological polar surface area (TPSA) is 120 Å². The number of pyridine rings is 1. The van der Waals surface area contributed by atoms with Crippen molar-refractivity contribution in [1.82, 2.24) is 10.3 Å². The number of amides is 2. The van der Waals surface area contributed by atoms with Crippen LogP contribution in [-0.4, -0.2) is 41.0 Å². The van der Waals surface area contributed by atoms with E-state index in [-0.39, 0.29) is 24.7 Å². The molecule has 0 radical (unpaired) electrons. The van der Waals surface area contributed by atoms with E-state index in [0.717, 1.165) is 0 Å². The Morgan fingerprint density at radius 2 is 1.95 bits per heavy atom. The van der Waals surface area contributed by atoms with Crippen LogP contribution in [0.5, 0.6) is 0 Å². The van der Waals surface area contributed by atoms with Gasteiger partial charge in [-0.25, -0.2) is 4.98 Å². The second-order valence-electron chi connectivity index (χ2n) is 4.28. The Balaban J connectivity index is 2.34. The summed E-state index contributed by atoms with van der Waals surface area (Å²) in [5.74, 6) is -0.861. The van der Waals surface area contributed by atoms with Gasteiger partial charge < -0.3 is 21.1 Å². The molecule has 0 aromatic carbocycles. The maximum absolute atomic E-state index is 11.4. The first kappa shape index (κ1) is 16.4. The van der Waals surface area contributed by atoms with E-state index in [9.17, 15) is 14.4 Å². The third-order valence-corrected chi connectivity index (χ3v) is 2.42. The van der Waals surface area contributed by atoms with Gasteiger partial charge in [0.15, 0.2) is 0 Å². The lowest BCUT2D eigenvalue weighted by Gasteiger charge is -2.07. The largest absolute Gasteiger partial charge is 0.481 e. The van der Waals surface area contributed by atoms with Gasteiger partial charge in [0.05, 0.1) is 18.3 Å². The SMILES string of the molecule is CC(=O)NCCNc1ccc(NC(=O)CCC(=O)O)cn1. The Hall–Kier alpha value is -2.64. The molecule has 0 spiro atoms. The first-order chi connectivity index (χ1) is 9.97. The highest BCUT2D eigenvalue weighted by molar-refractivity contribution is 5.92. The Morgan fingerprint density at radius 3 is 2.52 bits per heavy atom. The Morgan fingerprint density at radius 1 is 1.19 bits per heavy atom. The van der Waals surface area contributed by atoms with E-state index in [2.05, 4.69) is 20.9 Å². The van der Waals surface area contributed by atoms with Crippen LogP contribution >= 0.6 is 0 Å². The molecule has 0 bridgehead atoms. The third-order valence-electron chi connectivity index (χ3n) is 2.42. The van der Waals surface area contributed by atoms with Gasteiger partial charge in [-0.05, 0) is 12.1 Å². The van der Waals surface area contributed by atoms with Crippen LogP contribution < -0.4 is 16.0 Å². The van der Waals surface area contributed by atoms with Crippen LogP contribution in [0.4, 0.5) is 11.5 Å². The zero-order valence-corrected chi connectivity index (χ0v) is 11.7. The van der Waals surface area contributed by atoms with Gasteiger partial charge in [-0.1, -0.05) is 0 Å². The predicted molar refractivity (Wildman–Crippen MR) is 76.9 cm³/mol. The number of anilines is 2. The van der Waals surface area contributed by atoms with E-state index in [1.54, 1.807) is 12.1 Å². The third kappa shape index (κ3) is 7.51. The summed E-state index contributed by atoms with van der Waals surface area (Å²) in [7, 11) is 0. The lowest BCUT2D eigenvalue weighted by molar-refractivity contribution is -0.138. The van der Waals surface area contributed by atoms with Crippen molar-refractivity contribution in [2.24, 2.45) is 0 Å². The number of hydrogen-bond donors (Lipinski definition) is 4. The zero-order chi connectivity index (χ0) is 15.7. The lowest BCUT2D eigenvalue weighted by Crippen LogP contribution is -2.26. The van der Waals surface area contributed by atoms with Crippen molar-refractivity contribution in [3.63, 3.8) is 0 Å². The summed E-state index contributed by atoms with van der Waals surface area (Å²) in [4.78, 5) is 36.5. The standard InChI is InChI=1S/C13H18N4O4/c1-9(18)14-6-7-15-11-3-2-10(8-16-11)17-12(19)4-5-13(20)21/h2-3,8H,4-7H2,1H3,(H,14,18)(H,15,16)(H,17,19)(H,20,21). The van der Waals surface area contributed by atoms with Crippen LogP contribution in [0.1, 0.15) is 19.8 Å². The minimum Gasteiger partial charge on any atom is -0.481 e. The number of aromatic nitrogens is 1. The van der Waals surface area contributed by atoms with Crippen molar-refractivity contribution in [3.8, 4) is 0 Å². The quantitative estimate of drug-likeness (QED) is 0.516. The second-order valence-corrected chi connectivity index (χ2v) is 4.28. The summed E-state index contributed by atoms with van der Waals surface area (Å²) >= 11 is 0. The fourth-order valence-corrected chi connectivity index (χ4v) is 1.45. The maximum Gasteiger partial charge on any atom is 0.303 e. The molecule has 1 heterocycles. The fraction of sp³-hybridized carbons (Fsp3) is 0.385. The van der Waals surface area contributed by atoms with Crippen LogP contribution in [0, 0.1) is 0 Å². The summed E-state index contributed by atoms with van der Waals surface area (Å²) in [6.45, 7) is 2.47. The molecular formula is C13H18N4O4. The van der Waals surface area contributed by atoms with E-state index < -0.39 is 5.97 Å². The molecule has 0 atom stereocenters. The fourth-order valence-electron chi connectivity index (χ4n) is 1.45. The maximum atomic E-state index is 11.4. The first-order valence-corrected chi connectivity index (χ1v) is 6.43. The Kier molecular flexibility index (Phi) is 6.66. The molecule has 0 aliphatic carbocycles. The number of carboxylic acid groups (broad SMARTS) is 1. The minimum absolute atomic E-state index is 0.0773. The van der Waals surface area contributed by atoms with Gasteiger partial charge in [-0.2, -0.15) is 0 Å². The first-order valence-electron chi connectivity index (χ1n) is 6.43. The second kappa shape index (κ2) is 8.51. The summed E-state index contributed by atoms with van der Waals surface area (Å²) in [6, 6.07) is 3.34. The van der Waals surface area contributed by atoms with Gasteiger partial charge in [-0.3, -0.25) is 14.4 Å². The normalized spacial score (nSPS) is 9.76. The number of nitrogens with zero attached hydrogens (tertiary/aromatic N) is 1. The highest BCUT2D eigenvalue weighted by atomic mass is 16.4. The molecule has 21 heavy (non-hydrogen) atoms. The number of carbonyl (C=O) groups excluding carboxylic acids is 2. The van der Waals surface area contributed by atoms with Gasteiger partial charge in [0.2, 0.25) is 11.8 Å². The number of carbonyl (C=O) groups is 3. The van der Waals surface area contributed by atoms with Crippen LogP contribution in [0.3, 0.4) is 0 Å².